The average molecular weight is 474 g/mol. The summed E-state index contributed by atoms with van der Waals surface area (Å²) in [5.74, 6) is -1.10. The zero-order valence-corrected chi connectivity index (χ0v) is 20.2. The SMILES string of the molecule is CCC(C)C(NC(=O)OCc1ccccc1)C(=O)N1CCCC1C(=O)N1CCCC1C(=O)OC. The first-order valence-corrected chi connectivity index (χ1v) is 12.0. The van der Waals surface area contributed by atoms with Gasteiger partial charge in [-0.05, 0) is 37.2 Å². The van der Waals surface area contributed by atoms with Crippen molar-refractivity contribution in [1.29, 1.82) is 0 Å². The number of benzene rings is 1. The average Bonchev–Trinajstić information content (AvgIpc) is 3.55. The van der Waals surface area contributed by atoms with E-state index in [-0.39, 0.29) is 24.3 Å². The molecule has 9 nitrogen and oxygen atoms in total. The van der Waals surface area contributed by atoms with Gasteiger partial charge < -0.3 is 24.6 Å². The first kappa shape index (κ1) is 25.5. The van der Waals surface area contributed by atoms with Crippen molar-refractivity contribution in [1.82, 2.24) is 15.1 Å². The van der Waals surface area contributed by atoms with Gasteiger partial charge in [-0.15, -0.1) is 0 Å². The molecule has 1 aromatic rings. The Morgan fingerprint density at radius 1 is 1.03 bits per heavy atom. The number of hydrogen-bond acceptors (Lipinski definition) is 6. The van der Waals surface area contributed by atoms with Crippen molar-refractivity contribution in [3.05, 3.63) is 35.9 Å². The molecular weight excluding hydrogens is 438 g/mol. The van der Waals surface area contributed by atoms with Crippen LogP contribution in [0.5, 0.6) is 0 Å². The monoisotopic (exact) mass is 473 g/mol. The van der Waals surface area contributed by atoms with Crippen LogP contribution in [0.25, 0.3) is 0 Å². The fourth-order valence-corrected chi connectivity index (χ4v) is 4.64. The molecule has 186 valence electrons. The number of hydrogen-bond donors (Lipinski definition) is 1. The van der Waals surface area contributed by atoms with Crippen LogP contribution < -0.4 is 5.32 Å². The summed E-state index contributed by atoms with van der Waals surface area (Å²) in [5.41, 5.74) is 0.847. The molecule has 0 saturated carbocycles. The second-order valence-electron chi connectivity index (χ2n) is 8.97. The van der Waals surface area contributed by atoms with E-state index >= 15 is 0 Å². The van der Waals surface area contributed by atoms with Crippen LogP contribution in [0.15, 0.2) is 30.3 Å². The van der Waals surface area contributed by atoms with Crippen molar-refractivity contribution in [2.75, 3.05) is 20.2 Å². The van der Waals surface area contributed by atoms with Crippen LogP contribution in [0.4, 0.5) is 4.79 Å². The normalized spacial score (nSPS) is 21.6. The topological polar surface area (TPSA) is 105 Å². The fourth-order valence-electron chi connectivity index (χ4n) is 4.64. The van der Waals surface area contributed by atoms with Gasteiger partial charge in [-0.2, -0.15) is 0 Å². The summed E-state index contributed by atoms with van der Waals surface area (Å²) in [6, 6.07) is 7.24. The highest BCUT2D eigenvalue weighted by molar-refractivity contribution is 5.94. The van der Waals surface area contributed by atoms with Crippen LogP contribution in [0.2, 0.25) is 0 Å². The van der Waals surface area contributed by atoms with Crippen LogP contribution in [0.1, 0.15) is 51.5 Å². The molecular formula is C25H35N3O6. The summed E-state index contributed by atoms with van der Waals surface area (Å²) in [7, 11) is 1.31. The molecule has 9 heteroatoms. The van der Waals surface area contributed by atoms with Gasteiger partial charge in [0.05, 0.1) is 7.11 Å². The Morgan fingerprint density at radius 2 is 1.68 bits per heavy atom. The number of esters is 1. The van der Waals surface area contributed by atoms with E-state index in [4.69, 9.17) is 9.47 Å². The second-order valence-corrected chi connectivity index (χ2v) is 8.97. The van der Waals surface area contributed by atoms with Gasteiger partial charge in [-0.3, -0.25) is 9.59 Å². The zero-order valence-electron chi connectivity index (χ0n) is 20.2. The number of ether oxygens (including phenoxy) is 2. The van der Waals surface area contributed by atoms with Gasteiger partial charge in [-0.1, -0.05) is 50.6 Å². The summed E-state index contributed by atoms with van der Waals surface area (Å²) < 4.78 is 10.2. The number of amides is 3. The third-order valence-electron chi connectivity index (χ3n) is 6.80. The summed E-state index contributed by atoms with van der Waals surface area (Å²) in [6.45, 7) is 4.83. The van der Waals surface area contributed by atoms with Crippen molar-refractivity contribution in [2.45, 2.75) is 70.7 Å². The van der Waals surface area contributed by atoms with Crippen molar-refractivity contribution in [3.63, 3.8) is 0 Å². The van der Waals surface area contributed by atoms with Gasteiger partial charge >= 0.3 is 12.1 Å². The molecule has 1 N–H and O–H groups in total. The highest BCUT2D eigenvalue weighted by Crippen LogP contribution is 2.27. The largest absolute Gasteiger partial charge is 0.467 e. The van der Waals surface area contributed by atoms with Gasteiger partial charge in [0.15, 0.2) is 0 Å². The predicted molar refractivity (Wildman–Crippen MR) is 124 cm³/mol. The third-order valence-corrected chi connectivity index (χ3v) is 6.80. The van der Waals surface area contributed by atoms with Gasteiger partial charge in [0.25, 0.3) is 0 Å². The van der Waals surface area contributed by atoms with Gasteiger partial charge in [-0.25, -0.2) is 9.59 Å². The molecule has 0 radical (unpaired) electrons. The number of nitrogens with zero attached hydrogens (tertiary/aromatic N) is 2. The lowest BCUT2D eigenvalue weighted by Gasteiger charge is -2.33. The molecule has 34 heavy (non-hydrogen) atoms. The van der Waals surface area contributed by atoms with Crippen LogP contribution in [-0.2, 0) is 30.5 Å². The molecule has 4 atom stereocenters. The summed E-state index contributed by atoms with van der Waals surface area (Å²) in [6.07, 6.45) is 2.48. The first-order valence-electron chi connectivity index (χ1n) is 12.0. The lowest BCUT2D eigenvalue weighted by Crippen LogP contribution is -2.57. The Hall–Kier alpha value is -3.10. The Balaban J connectivity index is 1.68. The Bertz CT molecular complexity index is 877. The van der Waals surface area contributed by atoms with E-state index in [0.717, 1.165) is 12.0 Å². The molecule has 0 aromatic heterocycles. The number of rotatable bonds is 8. The lowest BCUT2D eigenvalue weighted by molar-refractivity contribution is -0.154. The lowest BCUT2D eigenvalue weighted by atomic mass is 9.97. The Morgan fingerprint density at radius 3 is 2.32 bits per heavy atom. The van der Waals surface area contributed by atoms with Crippen LogP contribution in [-0.4, -0.2) is 72.0 Å². The predicted octanol–water partition coefficient (Wildman–Crippen LogP) is 2.48. The van der Waals surface area contributed by atoms with E-state index in [1.165, 1.54) is 7.11 Å². The second kappa shape index (κ2) is 11.9. The minimum absolute atomic E-state index is 0.1000. The molecule has 2 heterocycles. The first-order chi connectivity index (χ1) is 16.4. The van der Waals surface area contributed by atoms with Crippen molar-refractivity contribution in [3.8, 4) is 0 Å². The molecule has 2 aliphatic rings. The summed E-state index contributed by atoms with van der Waals surface area (Å²) in [5, 5.41) is 2.73. The molecule has 3 rings (SSSR count). The summed E-state index contributed by atoms with van der Waals surface area (Å²) in [4.78, 5) is 54.6. The molecule has 2 fully saturated rings. The Kier molecular flexibility index (Phi) is 8.90. The van der Waals surface area contributed by atoms with Gasteiger partial charge in [0.1, 0.15) is 24.7 Å². The maximum absolute atomic E-state index is 13.6. The fraction of sp³-hybridized carbons (Fsp3) is 0.600. The highest BCUT2D eigenvalue weighted by atomic mass is 16.5. The van der Waals surface area contributed by atoms with Crippen LogP contribution in [0, 0.1) is 5.92 Å². The quantitative estimate of drug-likeness (QED) is 0.582. The minimum Gasteiger partial charge on any atom is -0.467 e. The van der Waals surface area contributed by atoms with Crippen molar-refractivity contribution < 1.29 is 28.7 Å². The van der Waals surface area contributed by atoms with Crippen LogP contribution >= 0.6 is 0 Å². The zero-order chi connectivity index (χ0) is 24.7. The minimum atomic E-state index is -0.809. The number of likely N-dealkylation sites (tertiary alicyclic amines) is 2. The maximum Gasteiger partial charge on any atom is 0.408 e. The number of nitrogens with one attached hydrogen (secondary N) is 1. The molecule has 1 aromatic carbocycles. The molecule has 0 bridgehead atoms. The van der Waals surface area contributed by atoms with E-state index in [1.807, 2.05) is 44.2 Å². The van der Waals surface area contributed by atoms with E-state index in [9.17, 15) is 19.2 Å². The summed E-state index contributed by atoms with van der Waals surface area (Å²) >= 11 is 0. The maximum atomic E-state index is 13.6. The van der Waals surface area contributed by atoms with Crippen molar-refractivity contribution >= 4 is 23.9 Å². The van der Waals surface area contributed by atoms with E-state index in [0.29, 0.717) is 38.8 Å². The number of carbonyl (C=O) groups is 4. The standard InChI is InChI=1S/C25H35N3O6/c1-4-17(2)21(26-25(32)34-16-18-10-6-5-7-11-18)23(30)27-14-8-12-19(27)22(29)28-15-9-13-20(28)24(31)33-3/h5-7,10-11,17,19-21H,4,8-9,12-16H2,1-3H3,(H,26,32). The molecule has 2 saturated heterocycles. The molecule has 4 unspecified atom stereocenters. The highest BCUT2D eigenvalue weighted by Gasteiger charge is 2.44. The molecule has 2 aliphatic heterocycles. The van der Waals surface area contributed by atoms with E-state index in [2.05, 4.69) is 5.32 Å². The van der Waals surface area contributed by atoms with E-state index in [1.54, 1.807) is 9.80 Å². The van der Waals surface area contributed by atoms with E-state index < -0.39 is 30.2 Å². The molecule has 3 amide bonds. The third kappa shape index (κ3) is 5.87. The smallest absolute Gasteiger partial charge is 0.408 e. The van der Waals surface area contributed by atoms with Crippen LogP contribution in [0.3, 0.4) is 0 Å². The molecule has 0 aliphatic carbocycles. The Labute approximate surface area is 200 Å². The van der Waals surface area contributed by atoms with Gasteiger partial charge in [0.2, 0.25) is 11.8 Å². The number of methoxy groups -OCH3 is 1. The van der Waals surface area contributed by atoms with Gasteiger partial charge in [0, 0.05) is 13.1 Å². The number of carbonyl (C=O) groups excluding carboxylic acids is 4. The van der Waals surface area contributed by atoms with Crippen molar-refractivity contribution in [2.24, 2.45) is 5.92 Å². The molecule has 0 spiro atoms. The number of alkyl carbamates (subject to hydrolysis) is 1.